The van der Waals surface area contributed by atoms with Gasteiger partial charge in [-0.25, -0.2) is 0 Å². The van der Waals surface area contributed by atoms with Gasteiger partial charge in [0, 0.05) is 25.6 Å². The molecule has 21 heavy (non-hydrogen) atoms. The van der Waals surface area contributed by atoms with Gasteiger partial charge in [-0.3, -0.25) is 5.10 Å². The van der Waals surface area contributed by atoms with Crippen molar-refractivity contribution in [2.45, 2.75) is 39.2 Å². The van der Waals surface area contributed by atoms with E-state index in [2.05, 4.69) is 33.9 Å². The topological polar surface area (TPSA) is 84.0 Å². The minimum absolute atomic E-state index is 0.271. The number of aromatic nitrogens is 3. The Labute approximate surface area is 124 Å². The van der Waals surface area contributed by atoms with E-state index in [1.807, 2.05) is 6.07 Å². The fraction of sp³-hybridized carbons (Fsp3) is 0.600. The number of hydrogen-bond acceptors (Lipinski definition) is 5. The van der Waals surface area contributed by atoms with E-state index in [-0.39, 0.29) is 6.04 Å². The first kappa shape index (κ1) is 14.1. The summed E-state index contributed by atoms with van der Waals surface area (Å²) in [6.07, 6.45) is 4.75. The van der Waals surface area contributed by atoms with Gasteiger partial charge in [0.25, 0.3) is 0 Å². The molecule has 1 aliphatic heterocycles. The second-order valence-corrected chi connectivity index (χ2v) is 5.78. The molecular formula is C15H23N5O. The highest BCUT2D eigenvalue weighted by Gasteiger charge is 2.24. The Kier molecular flexibility index (Phi) is 3.96. The van der Waals surface area contributed by atoms with Gasteiger partial charge in [0.15, 0.2) is 5.82 Å². The fourth-order valence-electron chi connectivity index (χ4n) is 2.97. The van der Waals surface area contributed by atoms with Crippen molar-refractivity contribution in [1.82, 2.24) is 15.2 Å². The summed E-state index contributed by atoms with van der Waals surface area (Å²) in [6, 6.07) is 2.21. The quantitative estimate of drug-likeness (QED) is 0.901. The lowest BCUT2D eigenvalue weighted by molar-refractivity contribution is 0.352. The van der Waals surface area contributed by atoms with Crippen molar-refractivity contribution < 1.29 is 4.42 Å². The lowest BCUT2D eigenvalue weighted by Gasteiger charge is -2.32. The molecule has 1 saturated heterocycles. The van der Waals surface area contributed by atoms with Crippen LogP contribution in [-0.4, -0.2) is 34.3 Å². The van der Waals surface area contributed by atoms with Gasteiger partial charge in [-0.1, -0.05) is 6.92 Å². The maximum atomic E-state index is 5.99. The minimum atomic E-state index is 0.271. The van der Waals surface area contributed by atoms with Crippen molar-refractivity contribution in [3.8, 4) is 11.4 Å². The van der Waals surface area contributed by atoms with Crippen LogP contribution in [-0.2, 0) is 6.42 Å². The van der Waals surface area contributed by atoms with Gasteiger partial charge in [-0.05, 0) is 31.7 Å². The number of rotatable bonds is 4. The minimum Gasteiger partial charge on any atom is -0.469 e. The first-order chi connectivity index (χ1) is 10.2. The molecule has 0 radical (unpaired) electrons. The molecular weight excluding hydrogens is 266 g/mol. The number of aromatic amines is 1. The number of H-pyrrole nitrogens is 1. The van der Waals surface area contributed by atoms with Crippen LogP contribution in [0.5, 0.6) is 0 Å². The van der Waals surface area contributed by atoms with Crippen molar-refractivity contribution in [2.24, 2.45) is 11.7 Å². The molecule has 1 fully saturated rings. The van der Waals surface area contributed by atoms with E-state index in [1.54, 1.807) is 6.26 Å². The monoisotopic (exact) mass is 289 g/mol. The van der Waals surface area contributed by atoms with Crippen LogP contribution in [0.2, 0.25) is 0 Å². The zero-order chi connectivity index (χ0) is 14.8. The number of nitrogens with one attached hydrogen (secondary N) is 1. The van der Waals surface area contributed by atoms with Gasteiger partial charge in [0.1, 0.15) is 5.76 Å². The number of piperidine rings is 1. The first-order valence-corrected chi connectivity index (χ1v) is 7.68. The first-order valence-electron chi connectivity index (χ1n) is 7.68. The second kappa shape index (κ2) is 5.89. The van der Waals surface area contributed by atoms with Crippen LogP contribution in [0.3, 0.4) is 0 Å². The predicted octanol–water partition coefficient (Wildman–Crippen LogP) is 2.19. The summed E-state index contributed by atoms with van der Waals surface area (Å²) in [5.74, 6) is 3.11. The van der Waals surface area contributed by atoms with Crippen LogP contribution in [0.4, 0.5) is 5.95 Å². The molecule has 114 valence electrons. The number of aryl methyl sites for hydroxylation is 1. The average molecular weight is 289 g/mol. The molecule has 2 aromatic heterocycles. The van der Waals surface area contributed by atoms with Gasteiger partial charge < -0.3 is 15.1 Å². The van der Waals surface area contributed by atoms with Crippen molar-refractivity contribution in [1.29, 1.82) is 0 Å². The molecule has 3 N–H and O–H groups in total. The van der Waals surface area contributed by atoms with Gasteiger partial charge in [-0.15, -0.1) is 5.10 Å². The molecule has 2 aromatic rings. The van der Waals surface area contributed by atoms with E-state index < -0.39 is 0 Å². The molecule has 0 aromatic carbocycles. The number of nitrogens with two attached hydrogens (primary N) is 1. The molecule has 0 amide bonds. The Bertz CT molecular complexity index is 580. The summed E-state index contributed by atoms with van der Waals surface area (Å²) in [7, 11) is 0. The summed E-state index contributed by atoms with van der Waals surface area (Å²) in [6.45, 7) is 6.10. The zero-order valence-corrected chi connectivity index (χ0v) is 12.7. The maximum Gasteiger partial charge on any atom is 0.245 e. The van der Waals surface area contributed by atoms with Crippen molar-refractivity contribution in [2.75, 3.05) is 18.0 Å². The molecule has 1 unspecified atom stereocenters. The van der Waals surface area contributed by atoms with Crippen molar-refractivity contribution >= 4 is 5.95 Å². The number of hydrogen-bond donors (Lipinski definition) is 2. The lowest BCUT2D eigenvalue weighted by atomic mass is 9.91. The van der Waals surface area contributed by atoms with Crippen LogP contribution in [0.15, 0.2) is 16.7 Å². The smallest absolute Gasteiger partial charge is 0.245 e. The standard InChI is InChI=1S/C15H23N5O/c1-3-13-12(6-9-21-13)14-17-15(19-18-14)20-7-4-11(5-8-20)10(2)16/h6,9-11H,3-5,7-8,16H2,1-2H3,(H,17,18,19). The average Bonchev–Trinajstić information content (AvgIpc) is 3.15. The summed E-state index contributed by atoms with van der Waals surface area (Å²) in [5, 5.41) is 7.38. The highest BCUT2D eigenvalue weighted by Crippen LogP contribution is 2.26. The highest BCUT2D eigenvalue weighted by molar-refractivity contribution is 5.58. The normalized spacial score (nSPS) is 18.1. The Hall–Kier alpha value is -1.82. The molecule has 6 heteroatoms. The number of anilines is 1. The summed E-state index contributed by atoms with van der Waals surface area (Å²) >= 11 is 0. The molecule has 6 nitrogen and oxygen atoms in total. The SMILES string of the molecule is CCc1occc1-c1nc(N2CCC(C(C)N)CC2)n[nH]1. The van der Waals surface area contributed by atoms with E-state index in [0.29, 0.717) is 5.92 Å². The van der Waals surface area contributed by atoms with Crippen LogP contribution in [0.25, 0.3) is 11.4 Å². The molecule has 1 aliphatic rings. The van der Waals surface area contributed by atoms with E-state index >= 15 is 0 Å². The summed E-state index contributed by atoms with van der Waals surface area (Å²) in [5.41, 5.74) is 6.99. The van der Waals surface area contributed by atoms with Crippen molar-refractivity contribution in [3.63, 3.8) is 0 Å². The number of furan rings is 1. The molecule has 0 spiro atoms. The Balaban J connectivity index is 1.71. The van der Waals surface area contributed by atoms with E-state index in [1.165, 1.54) is 0 Å². The van der Waals surface area contributed by atoms with Crippen LogP contribution in [0, 0.1) is 5.92 Å². The molecule has 3 heterocycles. The van der Waals surface area contributed by atoms with Crippen LogP contribution >= 0.6 is 0 Å². The Morgan fingerprint density at radius 3 is 2.90 bits per heavy atom. The molecule has 1 atom stereocenters. The third-order valence-corrected chi connectivity index (χ3v) is 4.36. The Morgan fingerprint density at radius 2 is 2.24 bits per heavy atom. The zero-order valence-electron chi connectivity index (χ0n) is 12.7. The van der Waals surface area contributed by atoms with Gasteiger partial charge >= 0.3 is 0 Å². The van der Waals surface area contributed by atoms with E-state index in [0.717, 1.165) is 55.4 Å². The highest BCUT2D eigenvalue weighted by atomic mass is 16.3. The summed E-state index contributed by atoms with van der Waals surface area (Å²) in [4.78, 5) is 6.85. The lowest BCUT2D eigenvalue weighted by Crippen LogP contribution is -2.40. The molecule has 0 aliphatic carbocycles. The third kappa shape index (κ3) is 2.81. The van der Waals surface area contributed by atoms with Crippen molar-refractivity contribution in [3.05, 3.63) is 18.1 Å². The molecule has 0 bridgehead atoms. The summed E-state index contributed by atoms with van der Waals surface area (Å²) < 4.78 is 5.45. The van der Waals surface area contributed by atoms with E-state index in [9.17, 15) is 0 Å². The molecule has 0 saturated carbocycles. The largest absolute Gasteiger partial charge is 0.469 e. The fourth-order valence-corrected chi connectivity index (χ4v) is 2.97. The van der Waals surface area contributed by atoms with Gasteiger partial charge in [0.05, 0.1) is 11.8 Å². The van der Waals surface area contributed by atoms with Gasteiger partial charge in [0.2, 0.25) is 5.95 Å². The third-order valence-electron chi connectivity index (χ3n) is 4.36. The maximum absolute atomic E-state index is 5.99. The van der Waals surface area contributed by atoms with E-state index in [4.69, 9.17) is 10.2 Å². The van der Waals surface area contributed by atoms with Gasteiger partial charge in [-0.2, -0.15) is 4.98 Å². The predicted molar refractivity (Wildman–Crippen MR) is 82.0 cm³/mol. The van der Waals surface area contributed by atoms with Crippen LogP contribution in [0.1, 0.15) is 32.4 Å². The number of nitrogens with zero attached hydrogens (tertiary/aromatic N) is 3. The second-order valence-electron chi connectivity index (χ2n) is 5.78. The molecule has 3 rings (SSSR count). The Morgan fingerprint density at radius 1 is 1.48 bits per heavy atom. The van der Waals surface area contributed by atoms with Crippen LogP contribution < -0.4 is 10.6 Å².